The summed E-state index contributed by atoms with van der Waals surface area (Å²) in [5, 5.41) is 9.80. The molecule has 0 radical (unpaired) electrons. The van der Waals surface area contributed by atoms with Crippen LogP contribution in [-0.2, 0) is 7.05 Å². The van der Waals surface area contributed by atoms with Gasteiger partial charge in [-0.25, -0.2) is 4.79 Å². The Balaban J connectivity index is 2.88. The predicted molar refractivity (Wildman–Crippen MR) is 62.5 cm³/mol. The summed E-state index contributed by atoms with van der Waals surface area (Å²) in [5.74, 6) is -0.975. The first kappa shape index (κ1) is 10.9. The van der Waals surface area contributed by atoms with Crippen molar-refractivity contribution in [3.8, 4) is 0 Å². The number of fused-ring (bicyclic) bond motifs is 1. The van der Waals surface area contributed by atoms with Gasteiger partial charge < -0.3 is 9.67 Å². The molecule has 4 nitrogen and oxygen atoms in total. The summed E-state index contributed by atoms with van der Waals surface area (Å²) in [7, 11) is 1.82. The molecule has 0 atom stereocenters. The fraction of sp³-hybridized carbons (Fsp3) is 0.273. The first-order chi connectivity index (χ1) is 7.43. The Hall–Kier alpha value is -1.62. The van der Waals surface area contributed by atoms with E-state index in [2.05, 4.69) is 0 Å². The van der Waals surface area contributed by atoms with Gasteiger partial charge in [0.15, 0.2) is 5.78 Å². The molecule has 0 bridgehead atoms. The van der Waals surface area contributed by atoms with Gasteiger partial charge in [0.25, 0.3) is 0 Å². The third-order valence-corrected chi connectivity index (χ3v) is 3.98. The molecule has 0 spiro atoms. The largest absolute Gasteiger partial charge is 0.477 e. The van der Waals surface area contributed by atoms with E-state index in [0.717, 1.165) is 10.2 Å². The van der Waals surface area contributed by atoms with Crippen LogP contribution in [0.4, 0.5) is 0 Å². The molecule has 16 heavy (non-hydrogen) atoms. The lowest BCUT2D eigenvalue weighted by Crippen LogP contribution is -1.96. The molecule has 0 aliphatic rings. The van der Waals surface area contributed by atoms with Gasteiger partial charge in [-0.1, -0.05) is 0 Å². The number of aryl methyl sites for hydroxylation is 2. The van der Waals surface area contributed by atoms with Gasteiger partial charge >= 0.3 is 5.97 Å². The van der Waals surface area contributed by atoms with Crippen LogP contribution in [-0.4, -0.2) is 21.4 Å². The average molecular weight is 237 g/mol. The number of carbonyl (C=O) groups is 2. The molecule has 0 aromatic carbocycles. The van der Waals surface area contributed by atoms with Crippen molar-refractivity contribution in [2.24, 2.45) is 7.05 Å². The molecule has 2 aromatic rings. The van der Waals surface area contributed by atoms with Crippen LogP contribution < -0.4 is 0 Å². The van der Waals surface area contributed by atoms with Crippen molar-refractivity contribution in [3.05, 3.63) is 22.2 Å². The summed E-state index contributed by atoms with van der Waals surface area (Å²) in [4.78, 5) is 23.6. The number of thiophene rings is 1. The molecule has 2 rings (SSSR count). The van der Waals surface area contributed by atoms with E-state index in [0.29, 0.717) is 16.0 Å². The van der Waals surface area contributed by atoms with Gasteiger partial charge in [0, 0.05) is 24.2 Å². The standard InChI is InChI=1S/C11H11NO3S/c1-5-8-7(6(2)13)4-12(3)10(8)16-9(5)11(14)15/h4H,1-3H3,(H,14,15). The van der Waals surface area contributed by atoms with E-state index >= 15 is 0 Å². The van der Waals surface area contributed by atoms with Crippen molar-refractivity contribution in [2.75, 3.05) is 0 Å². The molecule has 0 aliphatic heterocycles. The van der Waals surface area contributed by atoms with Gasteiger partial charge in [0.2, 0.25) is 0 Å². The molecule has 5 heteroatoms. The van der Waals surface area contributed by atoms with Crippen LogP contribution in [0.15, 0.2) is 6.20 Å². The van der Waals surface area contributed by atoms with Crippen molar-refractivity contribution >= 4 is 33.3 Å². The minimum absolute atomic E-state index is 0.0385. The third kappa shape index (κ3) is 1.36. The smallest absolute Gasteiger partial charge is 0.346 e. The lowest BCUT2D eigenvalue weighted by Gasteiger charge is -1.93. The summed E-state index contributed by atoms with van der Waals surface area (Å²) in [6.07, 6.45) is 1.75. The Morgan fingerprint density at radius 3 is 2.56 bits per heavy atom. The lowest BCUT2D eigenvalue weighted by atomic mass is 10.1. The Morgan fingerprint density at radius 1 is 1.44 bits per heavy atom. The van der Waals surface area contributed by atoms with Crippen LogP contribution in [0.2, 0.25) is 0 Å². The van der Waals surface area contributed by atoms with E-state index in [9.17, 15) is 9.59 Å². The summed E-state index contributed by atoms with van der Waals surface area (Å²) in [5.41, 5.74) is 1.28. The van der Waals surface area contributed by atoms with Gasteiger partial charge in [-0.3, -0.25) is 4.79 Å². The number of aromatic nitrogens is 1. The second-order valence-electron chi connectivity index (χ2n) is 3.75. The van der Waals surface area contributed by atoms with Gasteiger partial charge in [0.1, 0.15) is 9.71 Å². The van der Waals surface area contributed by atoms with E-state index in [1.165, 1.54) is 18.3 Å². The number of carboxylic acid groups (broad SMARTS) is 1. The molecular weight excluding hydrogens is 226 g/mol. The molecule has 2 heterocycles. The highest BCUT2D eigenvalue weighted by atomic mass is 32.1. The van der Waals surface area contributed by atoms with E-state index in [1.807, 2.05) is 7.05 Å². The highest BCUT2D eigenvalue weighted by Crippen LogP contribution is 2.34. The molecule has 0 saturated heterocycles. The van der Waals surface area contributed by atoms with Gasteiger partial charge in [0.05, 0.1) is 0 Å². The lowest BCUT2D eigenvalue weighted by molar-refractivity contribution is 0.0701. The van der Waals surface area contributed by atoms with Crippen LogP contribution in [0.1, 0.15) is 32.5 Å². The van der Waals surface area contributed by atoms with Crippen LogP contribution >= 0.6 is 11.3 Å². The van der Waals surface area contributed by atoms with Crippen molar-refractivity contribution < 1.29 is 14.7 Å². The molecule has 0 unspecified atom stereocenters. The summed E-state index contributed by atoms with van der Waals surface area (Å²) < 4.78 is 1.80. The number of ketones is 1. The molecule has 0 saturated carbocycles. The topological polar surface area (TPSA) is 59.3 Å². The zero-order chi connectivity index (χ0) is 12.0. The maximum Gasteiger partial charge on any atom is 0.346 e. The number of hydrogen-bond donors (Lipinski definition) is 1. The monoisotopic (exact) mass is 237 g/mol. The highest BCUT2D eigenvalue weighted by molar-refractivity contribution is 7.20. The van der Waals surface area contributed by atoms with Crippen molar-refractivity contribution in [1.82, 2.24) is 4.57 Å². The average Bonchev–Trinajstić information content (AvgIpc) is 2.67. The molecular formula is C11H11NO3S. The molecule has 0 aliphatic carbocycles. The summed E-state index contributed by atoms with van der Waals surface area (Å²) in [6, 6.07) is 0. The second kappa shape index (κ2) is 3.45. The Morgan fingerprint density at radius 2 is 2.06 bits per heavy atom. The first-order valence-corrected chi connectivity index (χ1v) is 5.57. The Labute approximate surface area is 96.1 Å². The van der Waals surface area contributed by atoms with E-state index in [-0.39, 0.29) is 5.78 Å². The highest BCUT2D eigenvalue weighted by Gasteiger charge is 2.21. The number of nitrogens with zero attached hydrogens (tertiary/aromatic N) is 1. The van der Waals surface area contributed by atoms with Crippen LogP contribution in [0.25, 0.3) is 10.2 Å². The van der Waals surface area contributed by atoms with Crippen molar-refractivity contribution in [1.29, 1.82) is 0 Å². The molecule has 1 N–H and O–H groups in total. The summed E-state index contributed by atoms with van der Waals surface area (Å²) in [6.45, 7) is 3.24. The molecule has 0 fully saturated rings. The zero-order valence-electron chi connectivity index (χ0n) is 9.20. The second-order valence-corrected chi connectivity index (χ2v) is 4.75. The van der Waals surface area contributed by atoms with Crippen LogP contribution in [0.5, 0.6) is 0 Å². The quantitative estimate of drug-likeness (QED) is 0.816. The van der Waals surface area contributed by atoms with E-state index in [4.69, 9.17) is 5.11 Å². The predicted octanol–water partition coefficient (Wildman–Crippen LogP) is 2.45. The Bertz CT molecular complexity index is 606. The summed E-state index contributed by atoms with van der Waals surface area (Å²) >= 11 is 1.21. The van der Waals surface area contributed by atoms with Gasteiger partial charge in [-0.15, -0.1) is 11.3 Å². The maximum atomic E-state index is 11.4. The van der Waals surface area contributed by atoms with Crippen molar-refractivity contribution in [3.63, 3.8) is 0 Å². The van der Waals surface area contributed by atoms with Gasteiger partial charge in [-0.2, -0.15) is 0 Å². The molecule has 84 valence electrons. The molecule has 2 aromatic heterocycles. The fourth-order valence-electron chi connectivity index (χ4n) is 1.85. The van der Waals surface area contributed by atoms with E-state index in [1.54, 1.807) is 17.7 Å². The number of aromatic carboxylic acids is 1. The normalized spacial score (nSPS) is 10.9. The fourth-order valence-corrected chi connectivity index (χ4v) is 2.95. The number of rotatable bonds is 2. The minimum atomic E-state index is -0.937. The first-order valence-electron chi connectivity index (χ1n) is 4.76. The van der Waals surface area contributed by atoms with Crippen LogP contribution in [0, 0.1) is 6.92 Å². The molecule has 0 amide bonds. The third-order valence-electron chi connectivity index (χ3n) is 2.61. The zero-order valence-corrected chi connectivity index (χ0v) is 10.0. The van der Waals surface area contributed by atoms with Crippen LogP contribution in [0.3, 0.4) is 0 Å². The number of carbonyl (C=O) groups excluding carboxylic acids is 1. The Kier molecular flexibility index (Phi) is 2.35. The maximum absolute atomic E-state index is 11.4. The number of Topliss-reactive ketones (excluding diaryl/α,β-unsaturated/α-hetero) is 1. The van der Waals surface area contributed by atoms with Gasteiger partial charge in [-0.05, 0) is 19.4 Å². The SMILES string of the molecule is CC(=O)c1cn(C)c2sc(C(=O)O)c(C)c12. The minimum Gasteiger partial charge on any atom is -0.477 e. The number of hydrogen-bond acceptors (Lipinski definition) is 3. The van der Waals surface area contributed by atoms with E-state index < -0.39 is 5.97 Å². The number of carboxylic acids is 1. The van der Waals surface area contributed by atoms with Crippen molar-refractivity contribution in [2.45, 2.75) is 13.8 Å².